The van der Waals surface area contributed by atoms with Crippen molar-refractivity contribution in [2.24, 2.45) is 5.92 Å². The van der Waals surface area contributed by atoms with E-state index in [1.165, 1.54) is 25.7 Å². The first-order valence-electron chi connectivity index (χ1n) is 5.62. The van der Waals surface area contributed by atoms with Gasteiger partial charge in [-0.15, -0.1) is 0 Å². The molecule has 0 spiro atoms. The van der Waals surface area contributed by atoms with Gasteiger partial charge in [-0.3, -0.25) is 0 Å². The minimum absolute atomic E-state index is 0.810. The summed E-state index contributed by atoms with van der Waals surface area (Å²) < 4.78 is 0. The highest BCUT2D eigenvalue weighted by Crippen LogP contribution is 2.27. The lowest BCUT2D eigenvalue weighted by atomic mass is 10.0. The quantitative estimate of drug-likeness (QED) is 0.700. The zero-order valence-corrected chi connectivity index (χ0v) is 9.34. The van der Waals surface area contributed by atoms with Gasteiger partial charge in [-0.25, -0.2) is 0 Å². The average Bonchev–Trinajstić information content (AvgIpc) is 2.51. The van der Waals surface area contributed by atoms with Gasteiger partial charge >= 0.3 is 0 Å². The van der Waals surface area contributed by atoms with Crippen LogP contribution in [0.2, 0.25) is 0 Å². The lowest BCUT2D eigenvalue weighted by molar-refractivity contribution is 0.348. The Morgan fingerprint density at radius 3 is 2.69 bits per heavy atom. The molecule has 0 heterocycles. The van der Waals surface area contributed by atoms with Crippen molar-refractivity contribution in [3.63, 3.8) is 0 Å². The van der Waals surface area contributed by atoms with Crippen LogP contribution in [0.1, 0.15) is 32.6 Å². The van der Waals surface area contributed by atoms with Gasteiger partial charge in [0.2, 0.25) is 0 Å². The second-order valence-electron chi connectivity index (χ2n) is 4.46. The van der Waals surface area contributed by atoms with Crippen molar-refractivity contribution in [3.8, 4) is 0 Å². The van der Waals surface area contributed by atoms with E-state index in [9.17, 15) is 0 Å². The number of nitrogens with one attached hydrogen (secondary N) is 1. The van der Waals surface area contributed by atoms with Gasteiger partial charge in [0, 0.05) is 19.1 Å². The molecule has 2 unspecified atom stereocenters. The van der Waals surface area contributed by atoms with Gasteiger partial charge in [-0.1, -0.05) is 19.8 Å². The first-order chi connectivity index (χ1) is 6.24. The third kappa shape index (κ3) is 3.65. The zero-order chi connectivity index (χ0) is 9.68. The summed E-state index contributed by atoms with van der Waals surface area (Å²) in [7, 11) is 4.27. The number of likely N-dealkylation sites (N-methyl/N-ethyl adjacent to an activating group) is 1. The molecular formula is C11H24N2. The molecule has 0 amide bonds. The van der Waals surface area contributed by atoms with Gasteiger partial charge in [0.25, 0.3) is 0 Å². The summed E-state index contributed by atoms with van der Waals surface area (Å²) >= 11 is 0. The summed E-state index contributed by atoms with van der Waals surface area (Å²) in [5.41, 5.74) is 0. The molecule has 1 N–H and O–H groups in total. The minimum atomic E-state index is 0.810. The van der Waals surface area contributed by atoms with Crippen LogP contribution < -0.4 is 5.32 Å². The SMILES string of the molecule is CCC1CCCC1NCCN(C)C. The predicted molar refractivity (Wildman–Crippen MR) is 58.0 cm³/mol. The van der Waals surface area contributed by atoms with Gasteiger partial charge in [-0.2, -0.15) is 0 Å². The molecule has 0 radical (unpaired) electrons. The predicted octanol–water partition coefficient (Wildman–Crippen LogP) is 1.72. The van der Waals surface area contributed by atoms with Gasteiger partial charge in [0.1, 0.15) is 0 Å². The monoisotopic (exact) mass is 184 g/mol. The fourth-order valence-electron chi connectivity index (χ4n) is 2.27. The lowest BCUT2D eigenvalue weighted by Gasteiger charge is -2.20. The van der Waals surface area contributed by atoms with E-state index in [4.69, 9.17) is 0 Å². The van der Waals surface area contributed by atoms with E-state index in [0.717, 1.165) is 25.0 Å². The largest absolute Gasteiger partial charge is 0.312 e. The molecule has 0 aromatic rings. The summed E-state index contributed by atoms with van der Waals surface area (Å²) in [6.07, 6.45) is 5.61. The maximum absolute atomic E-state index is 3.67. The highest BCUT2D eigenvalue weighted by Gasteiger charge is 2.24. The summed E-state index contributed by atoms with van der Waals surface area (Å²) in [6, 6.07) is 0.810. The van der Waals surface area contributed by atoms with Gasteiger partial charge in [0.15, 0.2) is 0 Å². The van der Waals surface area contributed by atoms with E-state index < -0.39 is 0 Å². The Labute approximate surface area is 82.7 Å². The summed E-state index contributed by atoms with van der Waals surface area (Å²) in [5, 5.41) is 3.67. The molecular weight excluding hydrogens is 160 g/mol. The van der Waals surface area contributed by atoms with Crippen LogP contribution in [0.4, 0.5) is 0 Å². The maximum Gasteiger partial charge on any atom is 0.0101 e. The lowest BCUT2D eigenvalue weighted by Crippen LogP contribution is -2.36. The Balaban J connectivity index is 2.13. The number of nitrogens with zero attached hydrogens (tertiary/aromatic N) is 1. The molecule has 0 aromatic carbocycles. The highest BCUT2D eigenvalue weighted by molar-refractivity contribution is 4.82. The van der Waals surface area contributed by atoms with E-state index in [0.29, 0.717) is 0 Å². The topological polar surface area (TPSA) is 15.3 Å². The van der Waals surface area contributed by atoms with E-state index in [-0.39, 0.29) is 0 Å². The fourth-order valence-corrected chi connectivity index (χ4v) is 2.27. The molecule has 1 fully saturated rings. The first kappa shape index (κ1) is 11.0. The second-order valence-corrected chi connectivity index (χ2v) is 4.46. The molecule has 1 rings (SSSR count). The van der Waals surface area contributed by atoms with E-state index >= 15 is 0 Å². The van der Waals surface area contributed by atoms with Crippen molar-refractivity contribution in [1.29, 1.82) is 0 Å². The molecule has 2 atom stereocenters. The Kier molecular flexibility index (Phi) is 4.74. The van der Waals surface area contributed by atoms with Gasteiger partial charge in [-0.05, 0) is 32.9 Å². The van der Waals surface area contributed by atoms with Crippen LogP contribution in [0.3, 0.4) is 0 Å². The summed E-state index contributed by atoms with van der Waals surface area (Å²) in [4.78, 5) is 2.24. The molecule has 1 saturated carbocycles. The van der Waals surface area contributed by atoms with E-state index in [1.54, 1.807) is 0 Å². The Morgan fingerprint density at radius 1 is 1.31 bits per heavy atom. The Hall–Kier alpha value is -0.0800. The maximum atomic E-state index is 3.67. The van der Waals surface area contributed by atoms with Crippen LogP contribution in [-0.2, 0) is 0 Å². The smallest absolute Gasteiger partial charge is 0.0101 e. The van der Waals surface area contributed by atoms with Crippen LogP contribution in [0, 0.1) is 5.92 Å². The van der Waals surface area contributed by atoms with Crippen LogP contribution in [0.5, 0.6) is 0 Å². The first-order valence-corrected chi connectivity index (χ1v) is 5.62. The zero-order valence-electron chi connectivity index (χ0n) is 9.34. The van der Waals surface area contributed by atoms with Crippen molar-refractivity contribution < 1.29 is 0 Å². The molecule has 2 heteroatoms. The van der Waals surface area contributed by atoms with Crippen LogP contribution >= 0.6 is 0 Å². The van der Waals surface area contributed by atoms with Crippen molar-refractivity contribution in [3.05, 3.63) is 0 Å². The molecule has 0 aromatic heterocycles. The second kappa shape index (κ2) is 5.61. The Morgan fingerprint density at radius 2 is 2.08 bits per heavy atom. The standard InChI is InChI=1S/C11H24N2/c1-4-10-6-5-7-11(10)12-8-9-13(2)3/h10-12H,4-9H2,1-3H3. The number of hydrogen-bond donors (Lipinski definition) is 1. The molecule has 1 aliphatic carbocycles. The molecule has 2 nitrogen and oxygen atoms in total. The van der Waals surface area contributed by atoms with E-state index in [1.807, 2.05) is 0 Å². The van der Waals surface area contributed by atoms with Crippen LogP contribution in [0.15, 0.2) is 0 Å². The van der Waals surface area contributed by atoms with Crippen molar-refractivity contribution in [2.75, 3.05) is 27.2 Å². The Bertz CT molecular complexity index is 134. The van der Waals surface area contributed by atoms with Gasteiger partial charge < -0.3 is 10.2 Å². The number of rotatable bonds is 5. The molecule has 0 aliphatic heterocycles. The number of hydrogen-bond acceptors (Lipinski definition) is 2. The minimum Gasteiger partial charge on any atom is -0.312 e. The van der Waals surface area contributed by atoms with Crippen LogP contribution in [0.25, 0.3) is 0 Å². The molecule has 78 valence electrons. The van der Waals surface area contributed by atoms with Crippen molar-refractivity contribution in [1.82, 2.24) is 10.2 Å². The van der Waals surface area contributed by atoms with E-state index in [2.05, 4.69) is 31.2 Å². The third-order valence-electron chi connectivity index (χ3n) is 3.15. The normalized spacial score (nSPS) is 28.6. The molecule has 0 bridgehead atoms. The molecule has 1 aliphatic rings. The summed E-state index contributed by atoms with van der Waals surface area (Å²) in [6.45, 7) is 4.62. The van der Waals surface area contributed by atoms with Crippen LogP contribution in [-0.4, -0.2) is 38.1 Å². The van der Waals surface area contributed by atoms with Crippen molar-refractivity contribution >= 4 is 0 Å². The fraction of sp³-hybridized carbons (Fsp3) is 1.00. The molecule has 13 heavy (non-hydrogen) atoms. The van der Waals surface area contributed by atoms with Crippen molar-refractivity contribution in [2.45, 2.75) is 38.6 Å². The third-order valence-corrected chi connectivity index (χ3v) is 3.15. The molecule has 0 saturated heterocycles. The van der Waals surface area contributed by atoms with Gasteiger partial charge in [0.05, 0.1) is 0 Å². The highest BCUT2D eigenvalue weighted by atomic mass is 15.1. The average molecular weight is 184 g/mol. The summed E-state index contributed by atoms with van der Waals surface area (Å²) in [5.74, 6) is 0.946.